The van der Waals surface area contributed by atoms with Gasteiger partial charge >= 0.3 is 5.91 Å². The molecule has 2 aromatic heterocycles. The second-order valence-corrected chi connectivity index (χ2v) is 9.13. The van der Waals surface area contributed by atoms with E-state index in [1.807, 2.05) is 17.5 Å². The van der Waals surface area contributed by atoms with Gasteiger partial charge in [0.05, 0.1) is 37.9 Å². The van der Waals surface area contributed by atoms with E-state index in [2.05, 4.69) is 9.97 Å². The standard InChI is InChI=1S/C26H23N3O6S/c1-13-10-14(33-2)7-8-15(13)23(30)21-22(20-6-5-9-36-20)29(25(32)24(21)31)26-27-16-11-18(34-3)19(35-4)12-17(16)28-26/h5-12,22,30H,1-4H3,(H,27,28)/b23-21+. The summed E-state index contributed by atoms with van der Waals surface area (Å²) >= 11 is 1.38. The minimum atomic E-state index is -0.865. The molecular weight excluding hydrogens is 482 g/mol. The van der Waals surface area contributed by atoms with Crippen LogP contribution >= 0.6 is 11.3 Å². The number of ketones is 1. The number of amides is 1. The Bertz CT molecular complexity index is 1480. The van der Waals surface area contributed by atoms with Crippen LogP contribution in [0.3, 0.4) is 0 Å². The SMILES string of the molecule is COc1ccc(/C(O)=C2\C(=O)C(=O)N(c3nc4cc(OC)c(OC)cc4[nH]3)C2c2cccs2)c(C)c1. The first kappa shape index (κ1) is 23.4. The Labute approximate surface area is 210 Å². The zero-order valence-electron chi connectivity index (χ0n) is 20.0. The molecule has 4 aromatic rings. The minimum absolute atomic E-state index is 0.00802. The molecule has 0 spiro atoms. The average Bonchev–Trinajstić information content (AvgIpc) is 3.61. The van der Waals surface area contributed by atoms with Crippen molar-refractivity contribution >= 4 is 45.8 Å². The van der Waals surface area contributed by atoms with Gasteiger partial charge in [-0.2, -0.15) is 0 Å². The lowest BCUT2D eigenvalue weighted by Gasteiger charge is -2.21. The van der Waals surface area contributed by atoms with Crippen molar-refractivity contribution in [1.82, 2.24) is 9.97 Å². The Kier molecular flexibility index (Phi) is 5.89. The summed E-state index contributed by atoms with van der Waals surface area (Å²) in [7, 11) is 4.60. The van der Waals surface area contributed by atoms with E-state index in [1.54, 1.807) is 44.4 Å². The van der Waals surface area contributed by atoms with Crippen LogP contribution in [0.2, 0.25) is 0 Å². The quantitative estimate of drug-likeness (QED) is 0.224. The van der Waals surface area contributed by atoms with Gasteiger partial charge in [0.25, 0.3) is 5.78 Å². The van der Waals surface area contributed by atoms with Crippen LogP contribution in [0, 0.1) is 6.92 Å². The molecular formula is C26H23N3O6S. The summed E-state index contributed by atoms with van der Waals surface area (Å²) < 4.78 is 16.0. The average molecular weight is 506 g/mol. The highest BCUT2D eigenvalue weighted by atomic mass is 32.1. The Morgan fingerprint density at radius 1 is 1.06 bits per heavy atom. The predicted molar refractivity (Wildman–Crippen MR) is 136 cm³/mol. The van der Waals surface area contributed by atoms with Crippen molar-refractivity contribution < 1.29 is 28.9 Å². The lowest BCUT2D eigenvalue weighted by Crippen LogP contribution is -2.30. The van der Waals surface area contributed by atoms with E-state index in [0.717, 1.165) is 0 Å². The number of benzene rings is 2. The number of methoxy groups -OCH3 is 3. The first-order valence-electron chi connectivity index (χ1n) is 11.0. The fourth-order valence-electron chi connectivity index (χ4n) is 4.38. The fourth-order valence-corrected chi connectivity index (χ4v) is 5.20. The number of rotatable bonds is 6. The summed E-state index contributed by atoms with van der Waals surface area (Å²) in [5.41, 5.74) is 2.26. The van der Waals surface area contributed by atoms with Crippen molar-refractivity contribution in [3.63, 3.8) is 0 Å². The largest absolute Gasteiger partial charge is 0.507 e. The number of nitrogens with one attached hydrogen (secondary N) is 1. The van der Waals surface area contributed by atoms with Crippen molar-refractivity contribution in [1.29, 1.82) is 0 Å². The summed E-state index contributed by atoms with van der Waals surface area (Å²) in [6.45, 7) is 1.80. The smallest absolute Gasteiger partial charge is 0.302 e. The van der Waals surface area contributed by atoms with Gasteiger partial charge in [0.2, 0.25) is 5.95 Å². The molecule has 2 aromatic carbocycles. The van der Waals surface area contributed by atoms with Crippen molar-refractivity contribution in [2.45, 2.75) is 13.0 Å². The number of imidazole rings is 1. The molecule has 3 heterocycles. The predicted octanol–water partition coefficient (Wildman–Crippen LogP) is 4.58. The summed E-state index contributed by atoms with van der Waals surface area (Å²) in [5.74, 6) is -0.0784. The third-order valence-electron chi connectivity index (χ3n) is 6.15. The van der Waals surface area contributed by atoms with Crippen LogP contribution < -0.4 is 19.1 Å². The van der Waals surface area contributed by atoms with E-state index in [-0.39, 0.29) is 17.3 Å². The molecule has 1 fully saturated rings. The van der Waals surface area contributed by atoms with Gasteiger partial charge in [-0.25, -0.2) is 4.98 Å². The van der Waals surface area contributed by atoms with Gasteiger partial charge in [0.1, 0.15) is 17.6 Å². The number of carbonyl (C=O) groups is 2. The number of fused-ring (bicyclic) bond motifs is 1. The van der Waals surface area contributed by atoms with Gasteiger partial charge in [-0.15, -0.1) is 11.3 Å². The normalized spacial score (nSPS) is 17.1. The molecule has 0 radical (unpaired) electrons. The maximum Gasteiger partial charge on any atom is 0.302 e. The number of hydrogen-bond donors (Lipinski definition) is 2. The molecule has 1 unspecified atom stereocenters. The molecule has 36 heavy (non-hydrogen) atoms. The summed E-state index contributed by atoms with van der Waals surface area (Å²) in [6, 6.07) is 11.3. The molecule has 5 rings (SSSR count). The summed E-state index contributed by atoms with van der Waals surface area (Å²) in [4.78, 5) is 36.4. The van der Waals surface area contributed by atoms with Crippen LogP contribution in [0.15, 0.2) is 53.4 Å². The summed E-state index contributed by atoms with van der Waals surface area (Å²) in [5, 5.41) is 13.2. The van der Waals surface area contributed by atoms with Gasteiger partial charge in [-0.3, -0.25) is 14.5 Å². The van der Waals surface area contributed by atoms with Crippen LogP contribution in [0.1, 0.15) is 22.0 Å². The Morgan fingerprint density at radius 3 is 2.44 bits per heavy atom. The van der Waals surface area contributed by atoms with Gasteiger partial charge in [-0.1, -0.05) is 6.07 Å². The number of ether oxygens (including phenoxy) is 3. The Morgan fingerprint density at radius 2 is 1.81 bits per heavy atom. The molecule has 0 saturated carbocycles. The van der Waals surface area contributed by atoms with Gasteiger partial charge in [-0.05, 0) is 42.1 Å². The molecule has 1 saturated heterocycles. The zero-order valence-corrected chi connectivity index (χ0v) is 20.8. The molecule has 10 heteroatoms. The number of aliphatic hydroxyl groups excluding tert-OH is 1. The highest BCUT2D eigenvalue weighted by Gasteiger charge is 2.48. The van der Waals surface area contributed by atoms with Gasteiger partial charge < -0.3 is 24.3 Å². The van der Waals surface area contributed by atoms with Gasteiger partial charge in [0.15, 0.2) is 11.5 Å². The van der Waals surface area contributed by atoms with E-state index >= 15 is 0 Å². The second-order valence-electron chi connectivity index (χ2n) is 8.15. The van der Waals surface area contributed by atoms with Crippen LogP contribution in [-0.4, -0.2) is 48.1 Å². The van der Waals surface area contributed by atoms with E-state index in [4.69, 9.17) is 14.2 Å². The molecule has 2 N–H and O–H groups in total. The molecule has 1 amide bonds. The monoisotopic (exact) mass is 505 g/mol. The Balaban J connectivity index is 1.69. The van der Waals surface area contributed by atoms with Crippen molar-refractivity contribution in [3.05, 3.63) is 69.4 Å². The van der Waals surface area contributed by atoms with Gasteiger partial charge in [0, 0.05) is 22.6 Å². The zero-order chi connectivity index (χ0) is 25.6. The number of aryl methyl sites for hydroxylation is 1. The lowest BCUT2D eigenvalue weighted by molar-refractivity contribution is -0.132. The first-order valence-corrected chi connectivity index (χ1v) is 11.9. The van der Waals surface area contributed by atoms with E-state index in [0.29, 0.717) is 44.3 Å². The number of anilines is 1. The number of H-pyrrole nitrogens is 1. The number of aromatic amines is 1. The lowest BCUT2D eigenvalue weighted by atomic mass is 9.97. The highest BCUT2D eigenvalue weighted by Crippen LogP contribution is 2.44. The number of aliphatic hydroxyl groups is 1. The number of carbonyl (C=O) groups excluding carboxylic acids is 2. The highest BCUT2D eigenvalue weighted by molar-refractivity contribution is 7.10. The van der Waals surface area contributed by atoms with Crippen molar-refractivity contribution in [2.75, 3.05) is 26.2 Å². The third kappa shape index (κ3) is 3.66. The molecule has 184 valence electrons. The minimum Gasteiger partial charge on any atom is -0.507 e. The first-order chi connectivity index (χ1) is 17.4. The number of thiophene rings is 1. The molecule has 1 atom stereocenters. The van der Waals surface area contributed by atoms with E-state index in [9.17, 15) is 14.7 Å². The number of nitrogens with zero attached hydrogens (tertiary/aromatic N) is 2. The Hall–Kier alpha value is -4.31. The molecule has 0 bridgehead atoms. The van der Waals surface area contributed by atoms with Crippen LogP contribution in [-0.2, 0) is 9.59 Å². The number of hydrogen-bond acceptors (Lipinski definition) is 8. The maximum absolute atomic E-state index is 13.4. The maximum atomic E-state index is 13.4. The van der Waals surface area contributed by atoms with Crippen LogP contribution in [0.25, 0.3) is 16.8 Å². The number of Topliss-reactive ketones (excluding diaryl/α,β-unsaturated/α-hetero) is 1. The fraction of sp³-hybridized carbons (Fsp3) is 0.192. The molecule has 1 aliphatic rings. The van der Waals surface area contributed by atoms with Crippen molar-refractivity contribution in [2.24, 2.45) is 0 Å². The van der Waals surface area contributed by atoms with Crippen molar-refractivity contribution in [3.8, 4) is 17.2 Å². The van der Waals surface area contributed by atoms with Crippen LogP contribution in [0.4, 0.5) is 5.95 Å². The third-order valence-corrected chi connectivity index (χ3v) is 7.07. The molecule has 9 nitrogen and oxygen atoms in total. The van der Waals surface area contributed by atoms with E-state index in [1.165, 1.54) is 30.5 Å². The molecule has 1 aliphatic heterocycles. The van der Waals surface area contributed by atoms with E-state index < -0.39 is 17.7 Å². The second kappa shape index (κ2) is 9.04. The summed E-state index contributed by atoms with van der Waals surface area (Å²) in [6.07, 6.45) is 0. The number of aromatic nitrogens is 2. The topological polar surface area (TPSA) is 114 Å². The molecule has 0 aliphatic carbocycles. The van der Waals surface area contributed by atoms with Crippen LogP contribution in [0.5, 0.6) is 17.2 Å².